The normalized spacial score (nSPS) is 10.9. The van der Waals surface area contributed by atoms with Crippen molar-refractivity contribution in [3.63, 3.8) is 0 Å². The fourth-order valence-corrected chi connectivity index (χ4v) is 4.69. The number of amides is 1. The van der Waals surface area contributed by atoms with Crippen molar-refractivity contribution in [1.29, 1.82) is 0 Å². The summed E-state index contributed by atoms with van der Waals surface area (Å²) in [6.07, 6.45) is 0. The first-order chi connectivity index (χ1) is 14.9. The van der Waals surface area contributed by atoms with Gasteiger partial charge in [-0.15, -0.1) is 22.7 Å². The summed E-state index contributed by atoms with van der Waals surface area (Å²) in [5.74, 6) is -1.53. The van der Waals surface area contributed by atoms with Crippen molar-refractivity contribution in [2.24, 2.45) is 0 Å². The molecule has 0 aliphatic carbocycles. The number of benzene rings is 1. The van der Waals surface area contributed by atoms with Gasteiger partial charge in [0.15, 0.2) is 5.69 Å². The van der Waals surface area contributed by atoms with Crippen LogP contribution in [0.5, 0.6) is 0 Å². The van der Waals surface area contributed by atoms with E-state index < -0.39 is 17.3 Å². The van der Waals surface area contributed by atoms with Crippen LogP contribution in [0.3, 0.4) is 0 Å². The molecule has 1 amide bonds. The van der Waals surface area contributed by atoms with E-state index in [9.17, 15) is 18.8 Å². The zero-order valence-electron chi connectivity index (χ0n) is 16.5. The maximum Gasteiger partial charge on any atom is 0.359 e. The summed E-state index contributed by atoms with van der Waals surface area (Å²) < 4.78 is 19.5. The number of esters is 1. The maximum absolute atomic E-state index is 13.4. The van der Waals surface area contributed by atoms with Gasteiger partial charge in [-0.25, -0.2) is 9.18 Å². The van der Waals surface area contributed by atoms with Gasteiger partial charge in [0.25, 0.3) is 11.5 Å². The maximum atomic E-state index is 13.4. The number of hydrogen-bond acceptors (Lipinski definition) is 7. The molecular formula is C21H16FN3O4S2. The molecule has 0 radical (unpaired) electrons. The number of halogens is 1. The molecule has 3 heterocycles. The number of anilines is 1. The molecule has 10 heteroatoms. The van der Waals surface area contributed by atoms with E-state index >= 15 is 0 Å². The Labute approximate surface area is 183 Å². The number of carbonyl (C=O) groups excluding carboxylic acids is 2. The van der Waals surface area contributed by atoms with Gasteiger partial charge in [0.2, 0.25) is 0 Å². The Hall–Kier alpha value is -3.37. The van der Waals surface area contributed by atoms with Crippen LogP contribution in [0.1, 0.15) is 32.6 Å². The Kier molecular flexibility index (Phi) is 5.66. The highest BCUT2D eigenvalue weighted by Crippen LogP contribution is 2.31. The Morgan fingerprint density at radius 1 is 1.19 bits per heavy atom. The SMILES string of the molecule is CCOC(=O)c1nn(-c2ccc(F)cc2)c(=O)c2c(NC(=O)c3cc(C)cs3)scc12. The monoisotopic (exact) mass is 457 g/mol. The average molecular weight is 458 g/mol. The molecule has 0 bridgehead atoms. The number of carbonyl (C=O) groups is 2. The van der Waals surface area contributed by atoms with E-state index in [-0.39, 0.29) is 34.7 Å². The second-order valence-electron chi connectivity index (χ2n) is 6.56. The fraction of sp³-hybridized carbons (Fsp3) is 0.143. The molecule has 3 aromatic heterocycles. The van der Waals surface area contributed by atoms with Crippen LogP contribution in [0, 0.1) is 12.7 Å². The third-order valence-corrected chi connectivity index (χ3v) is 6.32. The zero-order chi connectivity index (χ0) is 22.1. The van der Waals surface area contributed by atoms with Gasteiger partial charge in [-0.2, -0.15) is 9.78 Å². The molecule has 0 saturated heterocycles. The lowest BCUT2D eigenvalue weighted by molar-refractivity contribution is 0.0520. The van der Waals surface area contributed by atoms with Crippen LogP contribution >= 0.6 is 22.7 Å². The molecule has 4 aromatic rings. The standard InChI is InChI=1S/C21H16FN3O4S2/c1-3-29-21(28)17-14-10-31-19(23-18(26)15-8-11(2)9-30-15)16(14)20(27)25(24-17)13-6-4-12(22)5-7-13/h4-10H,3H2,1-2H3,(H,23,26). The second-order valence-corrected chi connectivity index (χ2v) is 8.35. The lowest BCUT2D eigenvalue weighted by Gasteiger charge is -2.09. The van der Waals surface area contributed by atoms with Crippen molar-refractivity contribution in [3.05, 3.63) is 73.4 Å². The summed E-state index contributed by atoms with van der Waals surface area (Å²) in [5.41, 5.74) is 0.618. The lowest BCUT2D eigenvalue weighted by Crippen LogP contribution is -2.25. The minimum atomic E-state index is -0.701. The molecule has 4 rings (SSSR count). The predicted octanol–water partition coefficient (Wildman–Crippen LogP) is 4.39. The summed E-state index contributed by atoms with van der Waals surface area (Å²) in [5, 5.41) is 11.1. The number of hydrogen-bond donors (Lipinski definition) is 1. The molecule has 0 fully saturated rings. The average Bonchev–Trinajstić information content (AvgIpc) is 3.36. The van der Waals surface area contributed by atoms with Crippen LogP contribution in [0.25, 0.3) is 16.5 Å². The van der Waals surface area contributed by atoms with Crippen LogP contribution in [0.15, 0.2) is 45.9 Å². The summed E-state index contributed by atoms with van der Waals surface area (Å²) in [7, 11) is 0. The number of nitrogens with zero attached hydrogens (tertiary/aromatic N) is 2. The molecule has 7 nitrogen and oxygen atoms in total. The van der Waals surface area contributed by atoms with Gasteiger partial charge in [0, 0.05) is 10.8 Å². The van der Waals surface area contributed by atoms with Crippen LogP contribution in [0.4, 0.5) is 9.39 Å². The highest BCUT2D eigenvalue weighted by molar-refractivity contribution is 7.16. The molecule has 31 heavy (non-hydrogen) atoms. The van der Waals surface area contributed by atoms with Crippen LogP contribution in [-0.2, 0) is 4.74 Å². The first kappa shape index (κ1) is 20.9. The summed E-state index contributed by atoms with van der Waals surface area (Å²) in [6.45, 7) is 3.67. The lowest BCUT2D eigenvalue weighted by atomic mass is 10.2. The summed E-state index contributed by atoms with van der Waals surface area (Å²) in [4.78, 5) is 38.9. The highest BCUT2D eigenvalue weighted by Gasteiger charge is 2.23. The molecule has 1 N–H and O–H groups in total. The van der Waals surface area contributed by atoms with E-state index in [4.69, 9.17) is 4.74 Å². The Balaban J connectivity index is 1.89. The van der Waals surface area contributed by atoms with Gasteiger partial charge in [0.1, 0.15) is 10.8 Å². The van der Waals surface area contributed by atoms with Crippen LogP contribution in [0.2, 0.25) is 0 Å². The number of nitrogens with one attached hydrogen (secondary N) is 1. The van der Waals surface area contributed by atoms with Gasteiger partial charge in [-0.3, -0.25) is 9.59 Å². The van der Waals surface area contributed by atoms with Crippen LogP contribution < -0.4 is 10.9 Å². The van der Waals surface area contributed by atoms with Gasteiger partial charge < -0.3 is 10.1 Å². The molecule has 0 aliphatic heterocycles. The van der Waals surface area contributed by atoms with E-state index in [1.54, 1.807) is 18.4 Å². The quantitative estimate of drug-likeness (QED) is 0.449. The first-order valence-electron chi connectivity index (χ1n) is 9.23. The zero-order valence-corrected chi connectivity index (χ0v) is 18.1. The molecule has 0 unspecified atom stereocenters. The Morgan fingerprint density at radius 3 is 2.58 bits per heavy atom. The molecule has 0 aliphatic rings. The molecule has 1 aromatic carbocycles. The number of ether oxygens (including phenoxy) is 1. The van der Waals surface area contributed by atoms with Crippen LogP contribution in [-0.4, -0.2) is 28.3 Å². The van der Waals surface area contributed by atoms with Gasteiger partial charge >= 0.3 is 5.97 Å². The number of fused-ring (bicyclic) bond motifs is 1. The molecule has 0 spiro atoms. The number of rotatable bonds is 5. The number of aromatic nitrogens is 2. The second kappa shape index (κ2) is 8.40. The molecule has 158 valence electrons. The van der Waals surface area contributed by atoms with Crippen molar-refractivity contribution in [2.75, 3.05) is 11.9 Å². The molecule has 0 atom stereocenters. The van der Waals surface area contributed by atoms with E-state index in [1.165, 1.54) is 35.6 Å². The Morgan fingerprint density at radius 2 is 1.94 bits per heavy atom. The fourth-order valence-electron chi connectivity index (χ4n) is 2.96. The van der Waals surface area contributed by atoms with Crippen molar-refractivity contribution in [3.8, 4) is 5.69 Å². The van der Waals surface area contributed by atoms with Crippen molar-refractivity contribution < 1.29 is 18.7 Å². The predicted molar refractivity (Wildman–Crippen MR) is 118 cm³/mol. The van der Waals surface area contributed by atoms with Gasteiger partial charge in [-0.1, -0.05) is 0 Å². The van der Waals surface area contributed by atoms with E-state index in [1.807, 2.05) is 12.3 Å². The minimum absolute atomic E-state index is 0.0653. The minimum Gasteiger partial charge on any atom is -0.461 e. The Bertz CT molecular complexity index is 1360. The molecule has 0 saturated carbocycles. The van der Waals surface area contributed by atoms with Crippen molar-refractivity contribution >= 4 is 50.3 Å². The highest BCUT2D eigenvalue weighted by atomic mass is 32.1. The summed E-state index contributed by atoms with van der Waals surface area (Å²) in [6, 6.07) is 6.88. The first-order valence-corrected chi connectivity index (χ1v) is 11.0. The third kappa shape index (κ3) is 3.99. The van der Waals surface area contributed by atoms with Gasteiger partial charge in [0.05, 0.1) is 22.6 Å². The van der Waals surface area contributed by atoms with Gasteiger partial charge in [-0.05, 0) is 55.1 Å². The largest absolute Gasteiger partial charge is 0.461 e. The topological polar surface area (TPSA) is 90.3 Å². The smallest absolute Gasteiger partial charge is 0.359 e. The summed E-state index contributed by atoms with van der Waals surface area (Å²) >= 11 is 2.41. The van der Waals surface area contributed by atoms with E-state index in [0.29, 0.717) is 9.88 Å². The van der Waals surface area contributed by atoms with Crippen molar-refractivity contribution in [1.82, 2.24) is 9.78 Å². The number of aryl methyl sites for hydroxylation is 1. The molecular weight excluding hydrogens is 441 g/mol. The van der Waals surface area contributed by atoms with Crippen molar-refractivity contribution in [2.45, 2.75) is 13.8 Å². The third-order valence-electron chi connectivity index (χ3n) is 4.37. The number of thiophene rings is 2. The van der Waals surface area contributed by atoms with E-state index in [0.717, 1.165) is 21.6 Å². The van der Waals surface area contributed by atoms with E-state index in [2.05, 4.69) is 10.4 Å².